The number of halogens is 8. The van der Waals surface area contributed by atoms with Crippen LogP contribution in [0.1, 0.15) is 28.3 Å². The number of aldehydes is 1. The Bertz CT molecular complexity index is 1190. The van der Waals surface area contributed by atoms with Crippen LogP contribution in [0.15, 0.2) is 36.4 Å². The molecule has 2 N–H and O–H groups in total. The number of hydrogen-bond acceptors (Lipinski definition) is 4. The number of hydrazine groups is 1. The van der Waals surface area contributed by atoms with Gasteiger partial charge in [0, 0.05) is 35.2 Å². The van der Waals surface area contributed by atoms with Crippen molar-refractivity contribution in [3.63, 3.8) is 0 Å². The molecule has 0 aromatic heterocycles. The fourth-order valence-corrected chi connectivity index (χ4v) is 5.48. The number of nitrogens with zero attached hydrogens (tertiary/aromatic N) is 1. The van der Waals surface area contributed by atoms with Gasteiger partial charge in [0.2, 0.25) is 5.91 Å². The molecule has 2 aromatic rings. The summed E-state index contributed by atoms with van der Waals surface area (Å²) in [6.07, 6.45) is -5.85. The summed E-state index contributed by atoms with van der Waals surface area (Å²) in [5.74, 6) is -2.93. The summed E-state index contributed by atoms with van der Waals surface area (Å²) in [7, 11) is 0.978. The molecule has 6 nitrogen and oxygen atoms in total. The molecular formula is C22H17Cl5F3N3O3. The van der Waals surface area contributed by atoms with E-state index in [1.54, 1.807) is 12.1 Å². The molecule has 2 unspecified atom stereocenters. The van der Waals surface area contributed by atoms with E-state index in [4.69, 9.17) is 58.0 Å². The number of alkyl halides is 5. The van der Waals surface area contributed by atoms with Crippen molar-refractivity contribution in [1.82, 2.24) is 10.4 Å². The van der Waals surface area contributed by atoms with Crippen LogP contribution in [-0.2, 0) is 9.59 Å². The highest BCUT2D eigenvalue weighted by Crippen LogP contribution is 2.73. The molecule has 194 valence electrons. The van der Waals surface area contributed by atoms with Gasteiger partial charge in [-0.05, 0) is 42.0 Å². The lowest BCUT2D eigenvalue weighted by Gasteiger charge is -2.20. The van der Waals surface area contributed by atoms with Crippen molar-refractivity contribution in [2.45, 2.75) is 22.8 Å². The summed E-state index contributed by atoms with van der Waals surface area (Å²) >= 11 is 31.2. The Morgan fingerprint density at radius 1 is 1.08 bits per heavy atom. The van der Waals surface area contributed by atoms with Gasteiger partial charge < -0.3 is 10.1 Å². The smallest absolute Gasteiger partial charge is 0.384 e. The lowest BCUT2D eigenvalue weighted by Crippen LogP contribution is -2.44. The third-order valence-corrected chi connectivity index (χ3v) is 7.54. The average molecular weight is 606 g/mol. The average Bonchev–Trinajstić information content (AvgIpc) is 3.25. The fourth-order valence-electron chi connectivity index (χ4n) is 3.76. The van der Waals surface area contributed by atoms with Gasteiger partial charge in [0.25, 0.3) is 5.91 Å². The van der Waals surface area contributed by atoms with E-state index < -0.39 is 40.1 Å². The molecule has 1 aliphatic carbocycles. The molecule has 3 rings (SSSR count). The molecule has 1 saturated carbocycles. The van der Waals surface area contributed by atoms with Crippen LogP contribution in [-0.4, -0.2) is 47.2 Å². The van der Waals surface area contributed by atoms with Gasteiger partial charge >= 0.3 is 6.18 Å². The number of hydrogen-bond donors (Lipinski definition) is 2. The van der Waals surface area contributed by atoms with Gasteiger partial charge in [-0.3, -0.25) is 20.0 Å². The van der Waals surface area contributed by atoms with Crippen molar-refractivity contribution in [2.75, 3.05) is 18.9 Å². The maximum absolute atomic E-state index is 12.5. The molecule has 2 atom stereocenters. The molecule has 0 heterocycles. The summed E-state index contributed by atoms with van der Waals surface area (Å²) in [5, 5.41) is 4.06. The first-order valence-corrected chi connectivity index (χ1v) is 12.0. The van der Waals surface area contributed by atoms with Crippen molar-refractivity contribution in [3.8, 4) is 0 Å². The standard InChI is InChI=1S/C22H17Cl5F3N3O3/c1-33(17(35)8-21(28,29)30)32-19(36)15-7-14(2-3-16(15)25)31-9-20(10-34)18(22(20,26)27)11-4-12(23)6-13(24)5-11/h2-7,10,18,31H,8-9H2,1H3,(H,32,36). The largest absolute Gasteiger partial charge is 0.397 e. The van der Waals surface area contributed by atoms with E-state index in [1.165, 1.54) is 24.3 Å². The molecule has 36 heavy (non-hydrogen) atoms. The number of nitrogens with one attached hydrogen (secondary N) is 2. The van der Waals surface area contributed by atoms with Crippen molar-refractivity contribution < 1.29 is 27.6 Å². The number of carbonyl (C=O) groups is 3. The minimum atomic E-state index is -4.73. The van der Waals surface area contributed by atoms with Crippen molar-refractivity contribution in [1.29, 1.82) is 0 Å². The highest BCUT2D eigenvalue weighted by Gasteiger charge is 2.76. The topological polar surface area (TPSA) is 78.5 Å². The van der Waals surface area contributed by atoms with Gasteiger partial charge in [0.1, 0.15) is 17.0 Å². The quantitative estimate of drug-likeness (QED) is 0.222. The van der Waals surface area contributed by atoms with Gasteiger partial charge in [0.05, 0.1) is 16.0 Å². The van der Waals surface area contributed by atoms with E-state index in [-0.39, 0.29) is 17.1 Å². The van der Waals surface area contributed by atoms with Crippen LogP contribution < -0.4 is 10.7 Å². The second-order valence-electron chi connectivity index (χ2n) is 8.15. The van der Waals surface area contributed by atoms with Gasteiger partial charge in [0.15, 0.2) is 0 Å². The van der Waals surface area contributed by atoms with Crippen LogP contribution in [0, 0.1) is 5.41 Å². The minimum absolute atomic E-state index is 0.0262. The first-order valence-electron chi connectivity index (χ1n) is 10.1. The van der Waals surface area contributed by atoms with Crippen LogP contribution in [0.3, 0.4) is 0 Å². The molecule has 0 spiro atoms. The maximum atomic E-state index is 12.5. The molecule has 14 heteroatoms. The van der Waals surface area contributed by atoms with Crippen LogP contribution in [0.4, 0.5) is 18.9 Å². The summed E-state index contributed by atoms with van der Waals surface area (Å²) in [6, 6.07) is 8.90. The van der Waals surface area contributed by atoms with Crippen molar-refractivity contribution in [3.05, 3.63) is 62.6 Å². The summed E-state index contributed by atoms with van der Waals surface area (Å²) in [4.78, 5) is 36.3. The summed E-state index contributed by atoms with van der Waals surface area (Å²) in [5.41, 5.74) is 1.53. The van der Waals surface area contributed by atoms with E-state index in [0.29, 0.717) is 32.6 Å². The Hall–Kier alpha value is -1.91. The minimum Gasteiger partial charge on any atom is -0.384 e. The molecule has 2 aromatic carbocycles. The summed E-state index contributed by atoms with van der Waals surface area (Å²) in [6.45, 7) is -0.0506. The molecule has 0 aliphatic heterocycles. The lowest BCUT2D eigenvalue weighted by atomic mass is 10.00. The van der Waals surface area contributed by atoms with E-state index in [2.05, 4.69) is 5.32 Å². The Kier molecular flexibility index (Phi) is 8.32. The maximum Gasteiger partial charge on any atom is 0.397 e. The zero-order chi connectivity index (χ0) is 27.1. The third-order valence-electron chi connectivity index (χ3n) is 5.63. The van der Waals surface area contributed by atoms with Gasteiger partial charge in [-0.15, -0.1) is 0 Å². The second-order valence-corrected chi connectivity index (χ2v) is 10.8. The predicted molar refractivity (Wildman–Crippen MR) is 133 cm³/mol. The lowest BCUT2D eigenvalue weighted by molar-refractivity contribution is -0.162. The van der Waals surface area contributed by atoms with Crippen LogP contribution in [0.25, 0.3) is 0 Å². The molecule has 1 aliphatic rings. The second kappa shape index (κ2) is 10.5. The zero-order valence-electron chi connectivity index (χ0n) is 18.2. The van der Waals surface area contributed by atoms with Gasteiger partial charge in [-0.2, -0.15) is 13.2 Å². The molecule has 1 fully saturated rings. The van der Waals surface area contributed by atoms with Crippen LogP contribution in [0.2, 0.25) is 15.1 Å². The van der Waals surface area contributed by atoms with E-state index >= 15 is 0 Å². The highest BCUT2D eigenvalue weighted by atomic mass is 35.5. The number of rotatable bonds is 7. The predicted octanol–water partition coefficient (Wildman–Crippen LogP) is 6.27. The highest BCUT2D eigenvalue weighted by molar-refractivity contribution is 6.54. The monoisotopic (exact) mass is 603 g/mol. The normalized spacial score (nSPS) is 20.4. The van der Waals surface area contributed by atoms with E-state index in [9.17, 15) is 27.6 Å². The molecule has 0 bridgehead atoms. The first kappa shape index (κ1) is 28.7. The number of anilines is 1. The Balaban J connectivity index is 1.75. The Morgan fingerprint density at radius 2 is 1.69 bits per heavy atom. The number of amides is 2. The molecular weight excluding hydrogens is 589 g/mol. The van der Waals surface area contributed by atoms with Crippen molar-refractivity contribution >= 4 is 81.8 Å². The van der Waals surface area contributed by atoms with Gasteiger partial charge in [-0.25, -0.2) is 0 Å². The Morgan fingerprint density at radius 3 is 2.25 bits per heavy atom. The molecule has 0 saturated heterocycles. The van der Waals surface area contributed by atoms with E-state index in [1.807, 2.05) is 5.43 Å². The number of carbonyl (C=O) groups excluding carboxylic acids is 3. The fraction of sp³-hybridized carbons (Fsp3) is 0.318. The first-order chi connectivity index (χ1) is 16.6. The molecule has 0 radical (unpaired) electrons. The van der Waals surface area contributed by atoms with E-state index in [0.717, 1.165) is 7.05 Å². The van der Waals surface area contributed by atoms with Crippen LogP contribution >= 0.6 is 58.0 Å². The Labute approximate surface area is 228 Å². The third kappa shape index (κ3) is 5.97. The zero-order valence-corrected chi connectivity index (χ0v) is 22.0. The SMILES string of the molecule is CN(NC(=O)c1cc(NCC2(C=O)C(c3cc(Cl)cc(Cl)c3)C2(Cl)Cl)ccc1Cl)C(=O)CC(F)(F)F. The molecule has 2 amide bonds. The van der Waals surface area contributed by atoms with Crippen molar-refractivity contribution in [2.24, 2.45) is 5.41 Å². The number of benzene rings is 2. The van der Waals surface area contributed by atoms with Crippen LogP contribution in [0.5, 0.6) is 0 Å². The van der Waals surface area contributed by atoms with Gasteiger partial charge in [-0.1, -0.05) is 58.0 Å². The summed E-state index contributed by atoms with van der Waals surface area (Å²) < 4.78 is 35.8.